The molecule has 1 aliphatic carbocycles. The van der Waals surface area contributed by atoms with Gasteiger partial charge in [-0.1, -0.05) is 75.4 Å². The van der Waals surface area contributed by atoms with E-state index in [2.05, 4.69) is 46.7 Å². The van der Waals surface area contributed by atoms with Crippen LogP contribution in [-0.4, -0.2) is 121 Å². The third-order valence-electron chi connectivity index (χ3n) is 14.5. The molecule has 4 aliphatic rings. The fourth-order valence-corrected chi connectivity index (χ4v) is 11.1. The summed E-state index contributed by atoms with van der Waals surface area (Å²) in [6.07, 6.45) is 25.1. The number of likely N-dealkylation sites (tertiary alicyclic amines) is 1. The molecule has 2 aromatic carbocycles. The number of nitrogens with zero attached hydrogens (tertiary/aromatic N) is 5. The van der Waals surface area contributed by atoms with E-state index >= 15 is 0 Å². The number of anilines is 2. The van der Waals surface area contributed by atoms with Crippen molar-refractivity contribution in [3.8, 4) is 11.5 Å². The lowest BCUT2D eigenvalue weighted by Gasteiger charge is -2.54. The molecule has 0 bridgehead atoms. The number of likely N-dealkylation sites (N-methyl/N-ethyl adjacent to an activating group) is 1. The Balaban J connectivity index is 0.729. The number of ether oxygens (including phenoxy) is 1. The van der Waals surface area contributed by atoms with E-state index in [9.17, 15) is 24.0 Å². The minimum atomic E-state index is -1.03. The Morgan fingerprint density at radius 2 is 1.54 bits per heavy atom. The first-order chi connectivity index (χ1) is 33.2. The molecule has 1 atom stereocenters. The minimum absolute atomic E-state index is 0.0703. The largest absolute Gasteiger partial charge is 0.451 e. The van der Waals surface area contributed by atoms with Gasteiger partial charge in [0.2, 0.25) is 5.91 Å². The van der Waals surface area contributed by atoms with Crippen LogP contribution >= 0.6 is 11.9 Å². The first-order valence-electron chi connectivity index (χ1n) is 25.2. The molecule has 2 saturated heterocycles. The quantitative estimate of drug-likeness (QED) is 0.0250. The summed E-state index contributed by atoms with van der Waals surface area (Å²) in [6, 6.07) is 12.2. The van der Waals surface area contributed by atoms with Crippen LogP contribution in [0.15, 0.2) is 55.0 Å². The Morgan fingerprint density at radius 3 is 2.24 bits per heavy atom. The van der Waals surface area contributed by atoms with Crippen molar-refractivity contribution in [3.63, 3.8) is 0 Å². The number of carbonyl (C=O) groups excluding carboxylic acids is 5. The fourth-order valence-electron chi connectivity index (χ4n) is 10.5. The smallest absolute Gasteiger partial charge is 0.262 e. The van der Waals surface area contributed by atoms with Gasteiger partial charge >= 0.3 is 0 Å². The van der Waals surface area contributed by atoms with Gasteiger partial charge in [0.1, 0.15) is 24.4 Å². The van der Waals surface area contributed by atoms with Crippen molar-refractivity contribution in [2.75, 3.05) is 69.3 Å². The number of para-hydroxylation sites is 1. The van der Waals surface area contributed by atoms with Crippen LogP contribution in [0.3, 0.4) is 0 Å². The molecule has 16 heteroatoms. The topological polar surface area (TPSA) is 178 Å². The van der Waals surface area contributed by atoms with Crippen LogP contribution in [0.1, 0.15) is 147 Å². The Hall–Kier alpha value is -5.06. The number of benzene rings is 2. The van der Waals surface area contributed by atoms with E-state index in [4.69, 9.17) is 4.74 Å². The summed E-state index contributed by atoms with van der Waals surface area (Å²) in [5.41, 5.74) is 2.13. The highest BCUT2D eigenvalue weighted by Gasteiger charge is 2.46. The predicted molar refractivity (Wildman–Crippen MR) is 268 cm³/mol. The maximum atomic E-state index is 13.4. The maximum absolute atomic E-state index is 13.4. The lowest BCUT2D eigenvalue weighted by Crippen LogP contribution is -2.61. The van der Waals surface area contributed by atoms with Gasteiger partial charge in [0.15, 0.2) is 11.6 Å². The minimum Gasteiger partial charge on any atom is -0.451 e. The molecule has 3 aromatic rings. The number of amides is 4. The van der Waals surface area contributed by atoms with Gasteiger partial charge in [0.25, 0.3) is 17.7 Å². The zero-order valence-corrected chi connectivity index (χ0v) is 41.1. The third kappa shape index (κ3) is 13.4. The highest BCUT2D eigenvalue weighted by molar-refractivity contribution is 7.96. The summed E-state index contributed by atoms with van der Waals surface area (Å²) in [6.45, 7) is 6.89. The molecule has 4 N–H and O–H groups in total. The third-order valence-corrected chi connectivity index (χ3v) is 15.1. The van der Waals surface area contributed by atoms with E-state index in [0.29, 0.717) is 41.4 Å². The van der Waals surface area contributed by atoms with Crippen LogP contribution < -0.4 is 30.3 Å². The average molecular weight is 952 g/mol. The van der Waals surface area contributed by atoms with Crippen LogP contribution in [0.4, 0.5) is 11.5 Å². The number of unbranched alkanes of at least 4 members (excludes halogenated alkanes) is 9. The van der Waals surface area contributed by atoms with Crippen molar-refractivity contribution in [2.45, 2.75) is 128 Å². The van der Waals surface area contributed by atoms with Crippen molar-refractivity contribution < 1.29 is 28.7 Å². The molecule has 1 saturated carbocycles. The van der Waals surface area contributed by atoms with Crippen molar-refractivity contribution >= 4 is 53.4 Å². The molecule has 1 aromatic heterocycles. The number of nitrogens with one attached hydrogen (secondary N) is 4. The van der Waals surface area contributed by atoms with E-state index in [-0.39, 0.29) is 29.9 Å². The normalized spacial score (nSPS) is 19.3. The van der Waals surface area contributed by atoms with Gasteiger partial charge in [-0.05, 0) is 113 Å². The maximum Gasteiger partial charge on any atom is 0.262 e. The second-order valence-electron chi connectivity index (χ2n) is 19.3. The summed E-state index contributed by atoms with van der Waals surface area (Å²) >= 11 is 1.75. The summed E-state index contributed by atoms with van der Waals surface area (Å²) in [5.74, 6) is 1.06. The molecule has 1 unspecified atom stereocenters. The molecule has 68 heavy (non-hydrogen) atoms. The number of fused-ring (bicyclic) bond motifs is 1. The summed E-state index contributed by atoms with van der Waals surface area (Å²) in [4.78, 5) is 78.0. The number of hydrogen-bond donors (Lipinski definition) is 4. The SMILES string of the molecule is CNC(=O)C(CCC=O)N1C(=O)c2ccc(NCCCCCCCCCCCCNC(=O)c3ccccc3Oc3cncnc3N3CC4(CCN(CC5CCC(NSC)CC5)CC4)C3)cc2C1=O. The Labute approximate surface area is 407 Å². The first kappa shape index (κ1) is 50.8. The van der Waals surface area contributed by atoms with E-state index in [1.54, 1.807) is 42.7 Å². The van der Waals surface area contributed by atoms with Gasteiger partial charge in [-0.3, -0.25) is 28.8 Å². The van der Waals surface area contributed by atoms with Gasteiger partial charge in [-0.15, -0.1) is 0 Å². The van der Waals surface area contributed by atoms with Crippen LogP contribution in [-0.2, 0) is 9.59 Å². The molecule has 4 heterocycles. The van der Waals surface area contributed by atoms with E-state index in [1.807, 2.05) is 24.3 Å². The molecule has 1 spiro atoms. The van der Waals surface area contributed by atoms with Gasteiger partial charge in [-0.25, -0.2) is 9.97 Å². The van der Waals surface area contributed by atoms with Crippen molar-refractivity contribution in [3.05, 3.63) is 71.7 Å². The van der Waals surface area contributed by atoms with E-state index in [1.165, 1.54) is 90.9 Å². The lowest BCUT2D eigenvalue weighted by atomic mass is 9.71. The Morgan fingerprint density at radius 1 is 0.868 bits per heavy atom. The van der Waals surface area contributed by atoms with Crippen LogP contribution in [0.25, 0.3) is 0 Å². The number of piperidine rings is 1. The van der Waals surface area contributed by atoms with Crippen LogP contribution in [0.5, 0.6) is 11.5 Å². The van der Waals surface area contributed by atoms with Gasteiger partial charge in [0.05, 0.1) is 22.9 Å². The van der Waals surface area contributed by atoms with Gasteiger partial charge < -0.3 is 35.3 Å². The fraction of sp³-hybridized carbons (Fsp3) is 0.596. The summed E-state index contributed by atoms with van der Waals surface area (Å²) < 4.78 is 9.98. The molecule has 7 rings (SSSR count). The molecule has 368 valence electrons. The highest BCUT2D eigenvalue weighted by Crippen LogP contribution is 2.45. The second kappa shape index (κ2) is 25.5. The van der Waals surface area contributed by atoms with Gasteiger partial charge in [0, 0.05) is 63.3 Å². The van der Waals surface area contributed by atoms with E-state index < -0.39 is 23.8 Å². The highest BCUT2D eigenvalue weighted by atomic mass is 32.2. The summed E-state index contributed by atoms with van der Waals surface area (Å²) in [7, 11) is 1.44. The van der Waals surface area contributed by atoms with Crippen LogP contribution in [0, 0.1) is 11.3 Å². The zero-order chi connectivity index (χ0) is 47.7. The first-order valence-corrected chi connectivity index (χ1v) is 26.5. The van der Waals surface area contributed by atoms with Crippen molar-refractivity contribution in [1.29, 1.82) is 0 Å². The molecular weight excluding hydrogens is 879 g/mol. The molecule has 15 nitrogen and oxygen atoms in total. The average Bonchev–Trinajstić information content (AvgIpc) is 3.59. The van der Waals surface area contributed by atoms with Gasteiger partial charge in [-0.2, -0.15) is 0 Å². The molecule has 3 aliphatic heterocycles. The molecular formula is C52H73N9O6S. The summed E-state index contributed by atoms with van der Waals surface area (Å²) in [5, 5.41) is 8.97. The number of rotatable bonds is 27. The molecule has 3 fully saturated rings. The number of carbonyl (C=O) groups is 5. The second-order valence-corrected chi connectivity index (χ2v) is 20.0. The predicted octanol–water partition coefficient (Wildman–Crippen LogP) is 8.03. The zero-order valence-electron chi connectivity index (χ0n) is 40.3. The number of imide groups is 1. The number of aldehydes is 1. The monoisotopic (exact) mass is 952 g/mol. The van der Waals surface area contributed by atoms with Crippen molar-refractivity contribution in [2.24, 2.45) is 11.3 Å². The molecule has 4 amide bonds. The Kier molecular flexibility index (Phi) is 19.1. The van der Waals surface area contributed by atoms with Crippen LogP contribution in [0.2, 0.25) is 0 Å². The van der Waals surface area contributed by atoms with E-state index in [0.717, 1.165) is 80.5 Å². The standard InChI is InChI=1S/C52H73N9O6S/c1-53-49(64)44(17-15-31-62)61-50(65)41-24-23-40(32-43(41)51(61)66)55-27-13-9-7-5-3-4-6-8-10-14-28-56-48(63)42-16-11-12-18-45(42)67-46-33-54-37-57-47(46)60-35-52(36-60)25-29-59(30-26-52)34-38-19-21-39(22-20-38)58-68-2/h11-12,16,18,23-24,31-33,37-39,44,55,58H,3-10,13-15,17,19-22,25-30,34-36H2,1-2H3,(H,53,64)(H,56,63). The Bertz CT molecular complexity index is 2150. The number of hydrogen-bond acceptors (Lipinski definition) is 13. The van der Waals surface area contributed by atoms with Crippen molar-refractivity contribution in [1.82, 2.24) is 35.1 Å². The lowest BCUT2D eigenvalue weighted by molar-refractivity contribution is -0.124. The molecule has 0 radical (unpaired) electrons. The number of aromatic nitrogens is 2.